The van der Waals surface area contributed by atoms with Gasteiger partial charge in [0.2, 0.25) is 0 Å². The van der Waals surface area contributed by atoms with Crippen LogP contribution in [0.3, 0.4) is 0 Å². The molecule has 0 aliphatic heterocycles. The van der Waals surface area contributed by atoms with E-state index in [0.29, 0.717) is 11.5 Å². The first kappa shape index (κ1) is 26.1. The number of carbonyl (C=O) groups is 2. The van der Waals surface area contributed by atoms with Gasteiger partial charge in [-0.15, -0.1) is 23.6 Å². The lowest BCUT2D eigenvalue weighted by molar-refractivity contribution is -0.132. The summed E-state index contributed by atoms with van der Waals surface area (Å²) >= 11 is 1.72. The molecule has 2 rings (SSSR count). The number of benzene rings is 2. The zero-order valence-corrected chi connectivity index (χ0v) is 20.1. The van der Waals surface area contributed by atoms with E-state index in [9.17, 15) is 9.59 Å². The molecule has 0 heterocycles. The fourth-order valence-corrected chi connectivity index (χ4v) is 3.61. The molecule has 0 radical (unpaired) electrons. The summed E-state index contributed by atoms with van der Waals surface area (Å²) in [6.07, 6.45) is 5.15. The van der Waals surface area contributed by atoms with Crippen LogP contribution < -0.4 is 9.47 Å². The van der Waals surface area contributed by atoms with Crippen LogP contribution in [0.1, 0.15) is 50.7 Å². The Balaban J connectivity index is 1.56. The van der Waals surface area contributed by atoms with Crippen LogP contribution in [-0.4, -0.2) is 23.4 Å². The van der Waals surface area contributed by atoms with Crippen LogP contribution in [-0.2, 0) is 22.4 Å². The molecule has 172 valence electrons. The van der Waals surface area contributed by atoms with E-state index >= 15 is 0 Å². The highest BCUT2D eigenvalue weighted by Crippen LogP contribution is 2.21. The Morgan fingerprint density at radius 2 is 1.12 bits per heavy atom. The van der Waals surface area contributed by atoms with Gasteiger partial charge in [-0.1, -0.05) is 48.2 Å². The third-order valence-corrected chi connectivity index (χ3v) is 5.24. The van der Waals surface area contributed by atoms with Gasteiger partial charge < -0.3 is 9.47 Å². The Morgan fingerprint density at radius 1 is 0.697 bits per heavy atom. The molecule has 0 aliphatic rings. The van der Waals surface area contributed by atoms with Gasteiger partial charge in [-0.2, -0.15) is 0 Å². The van der Waals surface area contributed by atoms with Crippen molar-refractivity contribution in [1.82, 2.24) is 0 Å². The second-order valence-corrected chi connectivity index (χ2v) is 8.30. The molecule has 0 unspecified atom stereocenters. The largest absolute Gasteiger partial charge is 0.426 e. The van der Waals surface area contributed by atoms with Gasteiger partial charge in [-0.05, 0) is 48.9 Å². The maximum Gasteiger partial charge on any atom is 0.308 e. The summed E-state index contributed by atoms with van der Waals surface area (Å²) in [5.41, 5.74) is 2.07. The number of carbonyl (C=O) groups excluding carboxylic acids is 2. The topological polar surface area (TPSA) is 52.6 Å². The summed E-state index contributed by atoms with van der Waals surface area (Å²) in [6.45, 7) is 2.83. The highest BCUT2D eigenvalue weighted by Gasteiger charge is 2.05. The second kappa shape index (κ2) is 15.6. The highest BCUT2D eigenvalue weighted by atomic mass is 32.2. The molecular weight excluding hydrogens is 432 g/mol. The van der Waals surface area contributed by atoms with Crippen molar-refractivity contribution in [2.24, 2.45) is 0 Å². The Hall–Kier alpha value is -3.15. The van der Waals surface area contributed by atoms with Crippen LogP contribution in [0.5, 0.6) is 11.5 Å². The minimum absolute atomic E-state index is 0.299. The van der Waals surface area contributed by atoms with Gasteiger partial charge in [0, 0.05) is 26.7 Å². The van der Waals surface area contributed by atoms with Gasteiger partial charge in [0.25, 0.3) is 0 Å². The Morgan fingerprint density at radius 3 is 1.55 bits per heavy atom. The van der Waals surface area contributed by atoms with Crippen LogP contribution in [0, 0.1) is 23.7 Å². The molecule has 0 bridgehead atoms. The van der Waals surface area contributed by atoms with E-state index in [1.165, 1.54) is 13.8 Å². The molecule has 0 aromatic heterocycles. The molecule has 0 fully saturated rings. The first-order chi connectivity index (χ1) is 16.1. The standard InChI is InChI=1S/C28H30O4S/c1-23(29)31-27-19-11-9-17-25(27)15-7-3-5-13-21-33-22-14-6-4-8-16-26-18-10-12-20-28(26)32-24(2)30/h9-12,17-20H,3-4,7-8,15-16,21-22H2,1-2H3. The molecule has 0 N–H and O–H groups in total. The maximum absolute atomic E-state index is 11.2. The van der Waals surface area contributed by atoms with Crippen molar-refractivity contribution in [2.75, 3.05) is 11.5 Å². The molecule has 4 nitrogen and oxygen atoms in total. The van der Waals surface area contributed by atoms with Crippen molar-refractivity contribution in [3.8, 4) is 35.2 Å². The van der Waals surface area contributed by atoms with Gasteiger partial charge in [-0.3, -0.25) is 9.59 Å². The van der Waals surface area contributed by atoms with E-state index in [-0.39, 0.29) is 11.9 Å². The molecule has 0 spiro atoms. The minimum atomic E-state index is -0.299. The maximum atomic E-state index is 11.2. The molecule has 2 aromatic carbocycles. The molecular formula is C28H30O4S. The smallest absolute Gasteiger partial charge is 0.308 e. The molecule has 0 atom stereocenters. The number of hydrogen-bond acceptors (Lipinski definition) is 5. The number of rotatable bonds is 10. The van der Waals surface area contributed by atoms with Crippen molar-refractivity contribution in [3.63, 3.8) is 0 Å². The predicted molar refractivity (Wildman–Crippen MR) is 134 cm³/mol. The van der Waals surface area contributed by atoms with Gasteiger partial charge >= 0.3 is 11.9 Å². The molecule has 5 heteroatoms. The number of aryl methyl sites for hydroxylation is 2. The van der Waals surface area contributed by atoms with Crippen LogP contribution >= 0.6 is 11.8 Å². The fraction of sp³-hybridized carbons (Fsp3) is 0.357. The van der Waals surface area contributed by atoms with E-state index in [1.54, 1.807) is 11.8 Å². The molecule has 0 saturated carbocycles. The predicted octanol–water partition coefficient (Wildman–Crippen LogP) is 5.62. The van der Waals surface area contributed by atoms with E-state index in [0.717, 1.165) is 61.2 Å². The number of thioether (sulfide) groups is 1. The van der Waals surface area contributed by atoms with Crippen molar-refractivity contribution in [3.05, 3.63) is 59.7 Å². The summed E-state index contributed by atoms with van der Waals surface area (Å²) in [6, 6.07) is 15.3. The SMILES string of the molecule is CC(=O)Oc1ccccc1CCCC#CCSCC#CCCCc1ccccc1OC(C)=O. The molecule has 0 amide bonds. The Labute approximate surface area is 201 Å². The van der Waals surface area contributed by atoms with Crippen LogP contribution in [0.25, 0.3) is 0 Å². The zero-order valence-electron chi connectivity index (χ0n) is 19.3. The van der Waals surface area contributed by atoms with E-state index in [1.807, 2.05) is 48.5 Å². The minimum Gasteiger partial charge on any atom is -0.426 e. The van der Waals surface area contributed by atoms with Crippen molar-refractivity contribution >= 4 is 23.7 Å². The lowest BCUT2D eigenvalue weighted by atomic mass is 10.1. The monoisotopic (exact) mass is 462 g/mol. The van der Waals surface area contributed by atoms with Gasteiger partial charge in [0.1, 0.15) is 11.5 Å². The molecule has 33 heavy (non-hydrogen) atoms. The summed E-state index contributed by atoms with van der Waals surface area (Å²) in [5, 5.41) is 0. The van der Waals surface area contributed by atoms with Gasteiger partial charge in [0.05, 0.1) is 11.5 Å². The number of hydrogen-bond donors (Lipinski definition) is 0. The fourth-order valence-electron chi connectivity index (χ4n) is 3.10. The number of para-hydroxylation sites is 2. The van der Waals surface area contributed by atoms with Crippen molar-refractivity contribution in [2.45, 2.75) is 52.4 Å². The summed E-state index contributed by atoms with van der Waals surface area (Å²) in [4.78, 5) is 22.3. The highest BCUT2D eigenvalue weighted by molar-refractivity contribution is 7.99. The summed E-state index contributed by atoms with van der Waals surface area (Å²) in [5.74, 6) is 15.0. The molecule has 0 aliphatic carbocycles. The lowest BCUT2D eigenvalue weighted by Crippen LogP contribution is -2.03. The average Bonchev–Trinajstić information content (AvgIpc) is 2.78. The van der Waals surface area contributed by atoms with Gasteiger partial charge in [-0.25, -0.2) is 0 Å². The third kappa shape index (κ3) is 11.3. The quantitative estimate of drug-likeness (QED) is 0.198. The number of esters is 2. The van der Waals surface area contributed by atoms with E-state index < -0.39 is 0 Å². The molecule has 0 saturated heterocycles. The number of unbranched alkanes of at least 4 members (excludes halogenated alkanes) is 2. The van der Waals surface area contributed by atoms with Crippen LogP contribution in [0.15, 0.2) is 48.5 Å². The average molecular weight is 463 g/mol. The van der Waals surface area contributed by atoms with Crippen molar-refractivity contribution in [1.29, 1.82) is 0 Å². The Kier molecular flexibility index (Phi) is 12.4. The van der Waals surface area contributed by atoms with Crippen molar-refractivity contribution < 1.29 is 19.1 Å². The van der Waals surface area contributed by atoms with E-state index in [2.05, 4.69) is 23.7 Å². The first-order valence-corrected chi connectivity index (χ1v) is 12.2. The van der Waals surface area contributed by atoms with E-state index in [4.69, 9.17) is 9.47 Å². The van der Waals surface area contributed by atoms with Crippen LogP contribution in [0.2, 0.25) is 0 Å². The van der Waals surface area contributed by atoms with Gasteiger partial charge in [0.15, 0.2) is 0 Å². The second-order valence-electron chi connectivity index (χ2n) is 7.31. The summed E-state index contributed by atoms with van der Waals surface area (Å²) < 4.78 is 10.5. The summed E-state index contributed by atoms with van der Waals surface area (Å²) in [7, 11) is 0. The van der Waals surface area contributed by atoms with Crippen LogP contribution in [0.4, 0.5) is 0 Å². The number of ether oxygens (including phenoxy) is 2. The first-order valence-electron chi connectivity index (χ1n) is 11.1. The normalized spacial score (nSPS) is 9.76. The lowest BCUT2D eigenvalue weighted by Gasteiger charge is -2.07. The third-order valence-electron chi connectivity index (χ3n) is 4.55. The Bertz CT molecular complexity index is 953. The molecule has 2 aromatic rings. The zero-order chi connectivity index (χ0) is 23.7.